The second-order valence-corrected chi connectivity index (χ2v) is 9.77. The Morgan fingerprint density at radius 3 is 2.89 bits per heavy atom. The number of carbonyl (C=O) groups is 2. The normalized spacial score (nSPS) is 29.5. The van der Waals surface area contributed by atoms with Crippen LogP contribution in [-0.2, 0) is 19.1 Å². The molecule has 0 amide bonds. The molecular weight excluding hydrogens is 374 g/mol. The van der Waals surface area contributed by atoms with Gasteiger partial charge in [0, 0.05) is 40.8 Å². The van der Waals surface area contributed by atoms with E-state index in [4.69, 9.17) is 14.5 Å². The average Bonchev–Trinajstić information content (AvgIpc) is 3.31. The van der Waals surface area contributed by atoms with Crippen molar-refractivity contribution in [3.8, 4) is 0 Å². The van der Waals surface area contributed by atoms with Crippen LogP contribution in [-0.4, -0.2) is 36.8 Å². The Hall–Kier alpha value is -1.79. The zero-order valence-electron chi connectivity index (χ0n) is 16.7. The molecule has 0 spiro atoms. The van der Waals surface area contributed by atoms with Crippen molar-refractivity contribution in [2.45, 2.75) is 58.5 Å². The number of rotatable bonds is 4. The van der Waals surface area contributed by atoms with E-state index in [2.05, 4.69) is 13.8 Å². The molecule has 0 bridgehead atoms. The molecule has 4 rings (SSSR count). The zero-order valence-corrected chi connectivity index (χ0v) is 17.5. The zero-order chi connectivity index (χ0) is 19.9. The predicted octanol–water partition coefficient (Wildman–Crippen LogP) is 4.29. The van der Waals surface area contributed by atoms with Crippen LogP contribution in [0.4, 0.5) is 0 Å². The molecule has 28 heavy (non-hydrogen) atoms. The molecule has 3 aliphatic rings. The summed E-state index contributed by atoms with van der Waals surface area (Å²) < 4.78 is 11.2. The van der Waals surface area contributed by atoms with Gasteiger partial charge in [-0.25, -0.2) is 0 Å². The molecule has 0 saturated carbocycles. The third kappa shape index (κ3) is 3.72. The monoisotopic (exact) mass is 401 g/mol. The van der Waals surface area contributed by atoms with Crippen LogP contribution >= 0.6 is 11.3 Å². The lowest BCUT2D eigenvalue weighted by Gasteiger charge is -2.38. The molecule has 150 valence electrons. The van der Waals surface area contributed by atoms with E-state index in [9.17, 15) is 9.59 Å². The van der Waals surface area contributed by atoms with Gasteiger partial charge in [-0.1, -0.05) is 19.9 Å². The van der Waals surface area contributed by atoms with E-state index in [0.29, 0.717) is 12.0 Å². The molecule has 0 aromatic carbocycles. The van der Waals surface area contributed by atoms with Crippen LogP contribution in [0.25, 0.3) is 0 Å². The van der Waals surface area contributed by atoms with E-state index >= 15 is 0 Å². The van der Waals surface area contributed by atoms with Crippen molar-refractivity contribution in [2.75, 3.05) is 13.2 Å². The van der Waals surface area contributed by atoms with Gasteiger partial charge in [-0.2, -0.15) is 0 Å². The Morgan fingerprint density at radius 2 is 2.21 bits per heavy atom. The quantitative estimate of drug-likeness (QED) is 0.706. The van der Waals surface area contributed by atoms with Gasteiger partial charge in [-0.3, -0.25) is 14.6 Å². The van der Waals surface area contributed by atoms with Crippen molar-refractivity contribution >= 4 is 28.8 Å². The van der Waals surface area contributed by atoms with Crippen LogP contribution in [0.2, 0.25) is 0 Å². The highest BCUT2D eigenvalue weighted by Gasteiger charge is 2.46. The summed E-state index contributed by atoms with van der Waals surface area (Å²) in [4.78, 5) is 32.0. The Balaban J connectivity index is 1.66. The molecule has 1 aromatic rings. The first kappa shape index (κ1) is 19.5. The summed E-state index contributed by atoms with van der Waals surface area (Å²) in [5.41, 5.74) is 2.19. The van der Waals surface area contributed by atoms with Gasteiger partial charge in [-0.05, 0) is 43.0 Å². The highest BCUT2D eigenvalue weighted by Crippen LogP contribution is 2.48. The predicted molar refractivity (Wildman–Crippen MR) is 109 cm³/mol. The lowest BCUT2D eigenvalue weighted by molar-refractivity contribution is -0.149. The van der Waals surface area contributed by atoms with E-state index in [1.165, 1.54) is 0 Å². The van der Waals surface area contributed by atoms with Gasteiger partial charge in [-0.15, -0.1) is 11.3 Å². The fourth-order valence-corrected chi connectivity index (χ4v) is 5.44. The number of allylic oxidation sites excluding steroid dienone is 2. The van der Waals surface area contributed by atoms with E-state index in [1.807, 2.05) is 24.4 Å². The molecule has 1 saturated heterocycles. The number of esters is 1. The minimum absolute atomic E-state index is 0.0168. The molecule has 1 fully saturated rings. The number of ketones is 1. The Bertz CT molecular complexity index is 831. The van der Waals surface area contributed by atoms with Crippen LogP contribution in [0, 0.1) is 11.3 Å². The largest absolute Gasteiger partial charge is 0.462 e. The summed E-state index contributed by atoms with van der Waals surface area (Å²) in [7, 11) is 0. The summed E-state index contributed by atoms with van der Waals surface area (Å²) in [6.45, 7) is 7.08. The maximum absolute atomic E-state index is 13.1. The first-order chi connectivity index (χ1) is 13.4. The Morgan fingerprint density at radius 1 is 1.39 bits per heavy atom. The minimum Gasteiger partial charge on any atom is -0.462 e. The molecule has 0 radical (unpaired) electrons. The second kappa shape index (κ2) is 7.56. The summed E-state index contributed by atoms with van der Waals surface area (Å²) in [5, 5.41) is 1.99. The fraction of sp³-hybridized carbons (Fsp3) is 0.591. The van der Waals surface area contributed by atoms with Crippen molar-refractivity contribution in [3.05, 3.63) is 33.7 Å². The molecule has 5 nitrogen and oxygen atoms in total. The smallest absolute Gasteiger partial charge is 0.315 e. The van der Waals surface area contributed by atoms with Gasteiger partial charge >= 0.3 is 5.97 Å². The van der Waals surface area contributed by atoms with Crippen molar-refractivity contribution in [2.24, 2.45) is 16.3 Å². The molecule has 1 unspecified atom stereocenters. The molecule has 2 aliphatic heterocycles. The summed E-state index contributed by atoms with van der Waals surface area (Å²) in [6.07, 6.45) is 3.15. The van der Waals surface area contributed by atoms with Gasteiger partial charge in [0.1, 0.15) is 12.5 Å². The molecule has 3 atom stereocenters. The Kier molecular flexibility index (Phi) is 5.27. The number of ether oxygens (including phenoxy) is 2. The van der Waals surface area contributed by atoms with Crippen LogP contribution in [0.15, 0.2) is 33.8 Å². The van der Waals surface area contributed by atoms with Gasteiger partial charge in [0.15, 0.2) is 5.78 Å². The first-order valence-electron chi connectivity index (χ1n) is 9.99. The standard InChI is InChI=1S/C22H27NO4S/c1-13-18(21(25)27-12-14-6-4-8-26-14)20(17-7-5-9-28-17)19-15(23-13)10-22(2,3)11-16(19)24/h5,7,9,14,18,20H,4,6,8,10-12H2,1-3H3/t14-,18?,20+/m1/s1. The second-order valence-electron chi connectivity index (χ2n) is 8.79. The molecule has 6 heteroatoms. The molecule has 3 heterocycles. The van der Waals surface area contributed by atoms with Crippen LogP contribution in [0.5, 0.6) is 0 Å². The van der Waals surface area contributed by atoms with Crippen molar-refractivity contribution in [1.82, 2.24) is 0 Å². The number of thiophene rings is 1. The van der Waals surface area contributed by atoms with E-state index in [0.717, 1.165) is 42.2 Å². The van der Waals surface area contributed by atoms with Crippen LogP contribution < -0.4 is 0 Å². The minimum atomic E-state index is -0.552. The lowest BCUT2D eigenvalue weighted by atomic mass is 9.68. The van der Waals surface area contributed by atoms with E-state index in [-0.39, 0.29) is 35.8 Å². The number of aliphatic imine (C=N–C) groups is 1. The van der Waals surface area contributed by atoms with Gasteiger partial charge < -0.3 is 9.47 Å². The van der Waals surface area contributed by atoms with E-state index in [1.54, 1.807) is 11.3 Å². The van der Waals surface area contributed by atoms with Crippen molar-refractivity contribution < 1.29 is 19.1 Å². The molecule has 1 aromatic heterocycles. The molecule has 1 aliphatic carbocycles. The lowest BCUT2D eigenvalue weighted by Crippen LogP contribution is -2.39. The van der Waals surface area contributed by atoms with Gasteiger partial charge in [0.25, 0.3) is 0 Å². The van der Waals surface area contributed by atoms with E-state index < -0.39 is 5.92 Å². The number of hydrogen-bond acceptors (Lipinski definition) is 6. The topological polar surface area (TPSA) is 65.0 Å². The Labute approximate surface area is 169 Å². The van der Waals surface area contributed by atoms with Crippen molar-refractivity contribution in [1.29, 1.82) is 0 Å². The number of nitrogens with zero attached hydrogens (tertiary/aromatic N) is 1. The summed E-state index contributed by atoms with van der Waals surface area (Å²) >= 11 is 1.58. The highest BCUT2D eigenvalue weighted by molar-refractivity contribution is 7.10. The summed E-state index contributed by atoms with van der Waals surface area (Å²) in [5.74, 6) is -1.05. The maximum Gasteiger partial charge on any atom is 0.315 e. The number of Topliss-reactive ketones (excluding diaryl/α,β-unsaturated/α-hetero) is 1. The highest BCUT2D eigenvalue weighted by atomic mass is 32.1. The van der Waals surface area contributed by atoms with Gasteiger partial charge in [0.2, 0.25) is 0 Å². The first-order valence-corrected chi connectivity index (χ1v) is 10.9. The maximum atomic E-state index is 13.1. The number of carbonyl (C=O) groups excluding carboxylic acids is 2. The average molecular weight is 402 g/mol. The molecule has 0 N–H and O–H groups in total. The van der Waals surface area contributed by atoms with Crippen molar-refractivity contribution in [3.63, 3.8) is 0 Å². The third-order valence-corrected chi connectivity index (χ3v) is 6.80. The number of hydrogen-bond donors (Lipinski definition) is 0. The fourth-order valence-electron chi connectivity index (χ4n) is 4.57. The molecular formula is C22H27NO4S. The van der Waals surface area contributed by atoms with Crippen LogP contribution in [0.1, 0.15) is 57.2 Å². The summed E-state index contributed by atoms with van der Waals surface area (Å²) in [6, 6.07) is 3.97. The van der Waals surface area contributed by atoms with Gasteiger partial charge in [0.05, 0.1) is 6.10 Å². The van der Waals surface area contributed by atoms with Crippen LogP contribution in [0.3, 0.4) is 0 Å². The SMILES string of the molecule is CC1=NC2=C(C(=O)CC(C)(C)C2)[C@@H](c2cccs2)C1C(=O)OC[C@H]1CCCO1. The third-order valence-electron chi connectivity index (χ3n) is 5.84.